The molecule has 2 N–H and O–H groups in total. The fourth-order valence-corrected chi connectivity index (χ4v) is 2.87. The van der Waals surface area contributed by atoms with Gasteiger partial charge in [-0.2, -0.15) is 5.26 Å². The first-order valence-electron chi connectivity index (χ1n) is 10.2. The monoisotopic (exact) mass is 453 g/mol. The Balaban J connectivity index is 2.07. The molecule has 0 aliphatic rings. The molecule has 33 heavy (non-hydrogen) atoms. The van der Waals surface area contributed by atoms with Crippen LogP contribution in [0.1, 0.15) is 36.7 Å². The molecule has 0 saturated heterocycles. The number of rotatable bonds is 9. The van der Waals surface area contributed by atoms with Gasteiger partial charge in [0, 0.05) is 17.3 Å². The van der Waals surface area contributed by atoms with Crippen molar-refractivity contribution in [2.24, 2.45) is 5.92 Å². The number of carbonyl (C=O) groups excluding carboxylic acids is 3. The second-order valence-electron chi connectivity index (χ2n) is 7.56. The van der Waals surface area contributed by atoms with Crippen LogP contribution in [0.4, 0.5) is 5.69 Å². The number of nitrogens with zero attached hydrogens (tertiary/aromatic N) is 1. The van der Waals surface area contributed by atoms with Crippen molar-refractivity contribution in [1.29, 1.82) is 5.26 Å². The van der Waals surface area contributed by atoms with Crippen molar-refractivity contribution in [3.8, 4) is 17.6 Å². The zero-order valence-electron chi connectivity index (χ0n) is 19.2. The molecule has 2 amide bonds. The van der Waals surface area contributed by atoms with Crippen molar-refractivity contribution < 1.29 is 28.6 Å². The van der Waals surface area contributed by atoms with Gasteiger partial charge >= 0.3 is 5.97 Å². The zero-order valence-corrected chi connectivity index (χ0v) is 19.2. The number of hydrogen-bond acceptors (Lipinski definition) is 7. The number of nitrogens with one attached hydrogen (secondary N) is 2. The lowest BCUT2D eigenvalue weighted by molar-refractivity contribution is -0.156. The van der Waals surface area contributed by atoms with Crippen LogP contribution in [0.3, 0.4) is 0 Å². The third-order valence-corrected chi connectivity index (χ3v) is 4.74. The lowest BCUT2D eigenvalue weighted by Crippen LogP contribution is -2.47. The van der Waals surface area contributed by atoms with E-state index in [1.165, 1.54) is 39.3 Å². The predicted molar refractivity (Wildman–Crippen MR) is 121 cm³/mol. The zero-order chi connectivity index (χ0) is 24.5. The highest BCUT2D eigenvalue weighted by molar-refractivity contribution is 5.98. The number of nitriles is 1. The van der Waals surface area contributed by atoms with Crippen molar-refractivity contribution in [3.05, 3.63) is 53.6 Å². The van der Waals surface area contributed by atoms with Crippen molar-refractivity contribution in [2.45, 2.75) is 32.9 Å². The lowest BCUT2D eigenvalue weighted by atomic mass is 10.0. The quantitative estimate of drug-likeness (QED) is 0.559. The van der Waals surface area contributed by atoms with Crippen LogP contribution in [0, 0.1) is 17.2 Å². The Morgan fingerprint density at radius 3 is 2.15 bits per heavy atom. The van der Waals surface area contributed by atoms with Crippen molar-refractivity contribution in [2.75, 3.05) is 19.5 Å². The Kier molecular flexibility index (Phi) is 8.80. The summed E-state index contributed by atoms with van der Waals surface area (Å²) in [7, 11) is 2.93. The van der Waals surface area contributed by atoms with Gasteiger partial charge in [0.25, 0.3) is 11.8 Å². The third-order valence-electron chi connectivity index (χ3n) is 4.74. The summed E-state index contributed by atoms with van der Waals surface area (Å²) in [5.41, 5.74) is 1.03. The van der Waals surface area contributed by atoms with E-state index in [4.69, 9.17) is 19.5 Å². The van der Waals surface area contributed by atoms with Crippen molar-refractivity contribution in [1.82, 2.24) is 5.32 Å². The molecule has 0 spiro atoms. The van der Waals surface area contributed by atoms with Gasteiger partial charge < -0.3 is 24.8 Å². The first kappa shape index (κ1) is 25.2. The third kappa shape index (κ3) is 6.97. The molecule has 2 atom stereocenters. The number of esters is 1. The van der Waals surface area contributed by atoms with E-state index in [9.17, 15) is 14.4 Å². The Morgan fingerprint density at radius 1 is 0.970 bits per heavy atom. The summed E-state index contributed by atoms with van der Waals surface area (Å²) >= 11 is 0. The molecule has 9 nitrogen and oxygen atoms in total. The molecule has 2 aromatic rings. The summed E-state index contributed by atoms with van der Waals surface area (Å²) in [6.45, 7) is 4.92. The van der Waals surface area contributed by atoms with Gasteiger partial charge in [-0.1, -0.05) is 19.9 Å². The summed E-state index contributed by atoms with van der Waals surface area (Å²) in [6.07, 6.45) is -1.13. The highest BCUT2D eigenvalue weighted by atomic mass is 16.5. The van der Waals surface area contributed by atoms with E-state index in [0.29, 0.717) is 22.7 Å². The largest absolute Gasteiger partial charge is 0.497 e. The van der Waals surface area contributed by atoms with Crippen LogP contribution in [0.15, 0.2) is 42.5 Å². The molecule has 0 aliphatic heterocycles. The van der Waals surface area contributed by atoms with Gasteiger partial charge in [-0.15, -0.1) is 0 Å². The molecule has 2 aromatic carbocycles. The van der Waals surface area contributed by atoms with Crippen LogP contribution in [-0.2, 0) is 14.3 Å². The molecule has 0 aromatic heterocycles. The second-order valence-corrected chi connectivity index (χ2v) is 7.56. The molecule has 174 valence electrons. The molecular weight excluding hydrogens is 426 g/mol. The minimum atomic E-state index is -1.13. The van der Waals surface area contributed by atoms with E-state index in [1.807, 2.05) is 6.07 Å². The summed E-state index contributed by atoms with van der Waals surface area (Å²) in [4.78, 5) is 38.0. The molecule has 0 radical (unpaired) electrons. The Morgan fingerprint density at radius 2 is 1.61 bits per heavy atom. The SMILES string of the molecule is COc1cc(OC)cc(C(=O)N[C@H](C(=O)OC(C)C(=O)Nc2cccc(C#N)c2)C(C)C)c1. The summed E-state index contributed by atoms with van der Waals surface area (Å²) in [6, 6.07) is 12.0. The summed E-state index contributed by atoms with van der Waals surface area (Å²) < 4.78 is 15.7. The van der Waals surface area contributed by atoms with Crippen LogP contribution in [0.25, 0.3) is 0 Å². The molecule has 0 fully saturated rings. The topological polar surface area (TPSA) is 127 Å². The van der Waals surface area contributed by atoms with Crippen molar-refractivity contribution in [3.63, 3.8) is 0 Å². The van der Waals surface area contributed by atoms with Gasteiger partial charge in [0.05, 0.1) is 25.9 Å². The van der Waals surface area contributed by atoms with E-state index >= 15 is 0 Å². The molecule has 2 rings (SSSR count). The average molecular weight is 453 g/mol. The number of methoxy groups -OCH3 is 2. The molecule has 0 bridgehead atoms. The highest BCUT2D eigenvalue weighted by Crippen LogP contribution is 2.23. The second kappa shape index (κ2) is 11.5. The Hall–Kier alpha value is -4.06. The van der Waals surface area contributed by atoms with Gasteiger partial charge in [-0.05, 0) is 43.2 Å². The first-order chi connectivity index (χ1) is 15.7. The molecule has 0 heterocycles. The van der Waals surface area contributed by atoms with Crippen LogP contribution < -0.4 is 20.1 Å². The highest BCUT2D eigenvalue weighted by Gasteiger charge is 2.29. The number of ether oxygens (including phenoxy) is 3. The number of benzene rings is 2. The van der Waals surface area contributed by atoms with E-state index in [2.05, 4.69) is 10.6 Å². The maximum Gasteiger partial charge on any atom is 0.329 e. The number of anilines is 1. The van der Waals surface area contributed by atoms with E-state index in [0.717, 1.165) is 0 Å². The lowest BCUT2D eigenvalue weighted by Gasteiger charge is -2.23. The number of hydrogen-bond donors (Lipinski definition) is 2. The normalized spacial score (nSPS) is 12.2. The van der Waals surface area contributed by atoms with Crippen LogP contribution in [-0.4, -0.2) is 44.1 Å². The van der Waals surface area contributed by atoms with Crippen LogP contribution in [0.2, 0.25) is 0 Å². The minimum absolute atomic E-state index is 0.243. The summed E-state index contributed by atoms with van der Waals surface area (Å²) in [5, 5.41) is 14.2. The Bertz CT molecular complexity index is 1040. The summed E-state index contributed by atoms with van der Waals surface area (Å²) in [5.74, 6) is -1.29. The minimum Gasteiger partial charge on any atom is -0.497 e. The fourth-order valence-electron chi connectivity index (χ4n) is 2.87. The predicted octanol–water partition coefficient (Wildman–Crippen LogP) is 2.90. The van der Waals surface area contributed by atoms with Crippen molar-refractivity contribution >= 4 is 23.5 Å². The van der Waals surface area contributed by atoms with Gasteiger partial charge in [-0.25, -0.2) is 4.79 Å². The van der Waals surface area contributed by atoms with Crippen LogP contribution in [0.5, 0.6) is 11.5 Å². The van der Waals surface area contributed by atoms with E-state index < -0.39 is 29.9 Å². The molecule has 9 heteroatoms. The van der Waals surface area contributed by atoms with Gasteiger partial charge in [0.1, 0.15) is 17.5 Å². The maximum atomic E-state index is 12.8. The molecule has 1 unspecified atom stereocenters. The van der Waals surface area contributed by atoms with Crippen LogP contribution >= 0.6 is 0 Å². The van der Waals surface area contributed by atoms with Gasteiger partial charge in [0.15, 0.2) is 6.10 Å². The fraction of sp³-hybridized carbons (Fsp3) is 0.333. The van der Waals surface area contributed by atoms with Gasteiger partial charge in [0.2, 0.25) is 0 Å². The first-order valence-corrected chi connectivity index (χ1v) is 10.2. The standard InChI is InChI=1S/C24H27N3O6/c1-14(2)21(27-23(29)17-10-19(31-4)12-20(11-17)32-5)24(30)33-15(3)22(28)26-18-8-6-7-16(9-18)13-25/h6-12,14-15,21H,1-5H3,(H,26,28)(H,27,29)/t15?,21-/m0/s1. The average Bonchev–Trinajstić information content (AvgIpc) is 2.81. The van der Waals surface area contributed by atoms with E-state index in [-0.39, 0.29) is 11.5 Å². The smallest absolute Gasteiger partial charge is 0.329 e. The maximum absolute atomic E-state index is 12.8. The molecule has 0 aliphatic carbocycles. The van der Waals surface area contributed by atoms with E-state index in [1.54, 1.807) is 38.1 Å². The molecule has 0 saturated carbocycles. The number of amides is 2. The Labute approximate surface area is 192 Å². The molecular formula is C24H27N3O6. The van der Waals surface area contributed by atoms with Gasteiger partial charge in [-0.3, -0.25) is 9.59 Å². The number of carbonyl (C=O) groups is 3.